The number of hydrogen-bond acceptors (Lipinski definition) is 3. The van der Waals surface area contributed by atoms with Crippen LogP contribution in [0.25, 0.3) is 0 Å². The molecule has 0 saturated carbocycles. The summed E-state index contributed by atoms with van der Waals surface area (Å²) in [6.45, 7) is 0.590. The number of aliphatic hydroxyl groups excluding tert-OH is 1. The number of carbonyl (C=O) groups is 1. The highest BCUT2D eigenvalue weighted by Gasteiger charge is 2.28. The SMILES string of the molecule is COc1cc(Cl)c(Cl)cc1NC(=O)N1CCC[C@@H]1CO. The van der Waals surface area contributed by atoms with E-state index in [0.717, 1.165) is 12.8 Å². The molecule has 1 heterocycles. The molecule has 0 bridgehead atoms. The summed E-state index contributed by atoms with van der Waals surface area (Å²) in [6, 6.07) is 2.68. The number of likely N-dealkylation sites (tertiary alicyclic amines) is 1. The number of amides is 2. The third-order valence-electron chi connectivity index (χ3n) is 3.33. The summed E-state index contributed by atoms with van der Waals surface area (Å²) in [7, 11) is 1.49. The number of benzene rings is 1. The zero-order valence-electron chi connectivity index (χ0n) is 11.0. The first-order valence-corrected chi connectivity index (χ1v) is 7.04. The second kappa shape index (κ2) is 6.52. The van der Waals surface area contributed by atoms with E-state index in [-0.39, 0.29) is 18.7 Å². The number of anilines is 1. The largest absolute Gasteiger partial charge is 0.495 e. The molecule has 1 aromatic carbocycles. The number of urea groups is 1. The lowest BCUT2D eigenvalue weighted by atomic mass is 10.2. The van der Waals surface area contributed by atoms with Crippen LogP contribution in [0.3, 0.4) is 0 Å². The van der Waals surface area contributed by atoms with Gasteiger partial charge in [0.25, 0.3) is 0 Å². The first-order valence-electron chi connectivity index (χ1n) is 6.28. The lowest BCUT2D eigenvalue weighted by Gasteiger charge is -2.24. The molecule has 0 unspecified atom stereocenters. The Balaban J connectivity index is 2.17. The highest BCUT2D eigenvalue weighted by molar-refractivity contribution is 6.42. The summed E-state index contributed by atoms with van der Waals surface area (Å²) in [5, 5.41) is 12.7. The van der Waals surface area contributed by atoms with Crippen molar-refractivity contribution in [3.05, 3.63) is 22.2 Å². The number of methoxy groups -OCH3 is 1. The van der Waals surface area contributed by atoms with E-state index >= 15 is 0 Å². The molecule has 2 amide bonds. The lowest BCUT2D eigenvalue weighted by molar-refractivity contribution is 0.166. The highest BCUT2D eigenvalue weighted by Crippen LogP contribution is 2.34. The molecule has 1 aliphatic rings. The van der Waals surface area contributed by atoms with Crippen LogP contribution in [0.4, 0.5) is 10.5 Å². The van der Waals surface area contributed by atoms with E-state index in [0.29, 0.717) is 28.0 Å². The van der Waals surface area contributed by atoms with Crippen LogP contribution >= 0.6 is 23.2 Å². The van der Waals surface area contributed by atoms with Crippen LogP contribution in [0.5, 0.6) is 5.75 Å². The molecule has 0 aliphatic carbocycles. The van der Waals surface area contributed by atoms with E-state index in [1.165, 1.54) is 7.11 Å². The molecule has 5 nitrogen and oxygen atoms in total. The number of rotatable bonds is 3. The van der Waals surface area contributed by atoms with E-state index in [1.807, 2.05) is 0 Å². The summed E-state index contributed by atoms with van der Waals surface area (Å²) in [5.41, 5.74) is 0.454. The zero-order valence-corrected chi connectivity index (χ0v) is 12.5. The van der Waals surface area contributed by atoms with Crippen molar-refractivity contribution in [1.82, 2.24) is 4.90 Å². The Morgan fingerprint density at radius 2 is 2.20 bits per heavy atom. The molecular weight excluding hydrogens is 303 g/mol. The molecule has 1 saturated heterocycles. The fraction of sp³-hybridized carbons (Fsp3) is 0.462. The van der Waals surface area contributed by atoms with Crippen LogP contribution < -0.4 is 10.1 Å². The molecule has 20 heavy (non-hydrogen) atoms. The predicted molar refractivity (Wildman–Crippen MR) is 78.8 cm³/mol. The fourth-order valence-corrected chi connectivity index (χ4v) is 2.59. The number of hydrogen-bond donors (Lipinski definition) is 2. The standard InChI is InChI=1S/C13H16Cl2N2O3/c1-20-12-6-10(15)9(14)5-11(12)16-13(19)17-4-2-3-8(17)7-18/h5-6,8,18H,2-4,7H2,1H3,(H,16,19)/t8-/m1/s1. The van der Waals surface area contributed by atoms with Gasteiger partial charge in [0, 0.05) is 12.6 Å². The van der Waals surface area contributed by atoms with Gasteiger partial charge in [0.15, 0.2) is 0 Å². The number of ether oxygens (including phenoxy) is 1. The molecule has 110 valence electrons. The van der Waals surface area contributed by atoms with Crippen molar-refractivity contribution in [1.29, 1.82) is 0 Å². The molecule has 1 fully saturated rings. The van der Waals surface area contributed by atoms with Gasteiger partial charge in [-0.2, -0.15) is 0 Å². The monoisotopic (exact) mass is 318 g/mol. The summed E-state index contributed by atoms with van der Waals surface area (Å²) in [5.74, 6) is 0.437. The Bertz CT molecular complexity index is 511. The lowest BCUT2D eigenvalue weighted by Crippen LogP contribution is -2.40. The van der Waals surface area contributed by atoms with Crippen LogP contribution in [0.2, 0.25) is 10.0 Å². The fourth-order valence-electron chi connectivity index (χ4n) is 2.28. The van der Waals surface area contributed by atoms with Gasteiger partial charge in [0.05, 0.1) is 35.5 Å². The first-order chi connectivity index (χ1) is 9.56. The van der Waals surface area contributed by atoms with E-state index in [2.05, 4.69) is 5.32 Å². The Hall–Kier alpha value is -1.17. The van der Waals surface area contributed by atoms with Crippen molar-refractivity contribution in [3.63, 3.8) is 0 Å². The minimum atomic E-state index is -0.279. The molecule has 7 heteroatoms. The highest BCUT2D eigenvalue weighted by atomic mass is 35.5. The van der Waals surface area contributed by atoms with Crippen LogP contribution in [0.1, 0.15) is 12.8 Å². The normalized spacial score (nSPS) is 18.2. The number of nitrogens with zero attached hydrogens (tertiary/aromatic N) is 1. The van der Waals surface area contributed by atoms with Gasteiger partial charge in [-0.3, -0.25) is 0 Å². The first kappa shape index (κ1) is 15.2. The van der Waals surface area contributed by atoms with Crippen LogP contribution in [0, 0.1) is 0 Å². The predicted octanol–water partition coefficient (Wildman–Crippen LogP) is 2.99. The molecule has 0 radical (unpaired) electrons. The van der Waals surface area contributed by atoms with Crippen molar-refractivity contribution in [2.45, 2.75) is 18.9 Å². The maximum Gasteiger partial charge on any atom is 0.322 e. The minimum Gasteiger partial charge on any atom is -0.495 e. The molecule has 0 spiro atoms. The number of nitrogens with one attached hydrogen (secondary N) is 1. The molecular formula is C13H16Cl2N2O3. The molecule has 1 atom stereocenters. The van der Waals surface area contributed by atoms with Crippen molar-refractivity contribution in [2.75, 3.05) is 25.6 Å². The molecule has 2 rings (SSSR count). The number of halogens is 2. The summed E-state index contributed by atoms with van der Waals surface area (Å²) < 4.78 is 5.17. The van der Waals surface area contributed by atoms with Gasteiger partial charge in [-0.25, -0.2) is 4.79 Å². The van der Waals surface area contributed by atoms with Gasteiger partial charge in [0.1, 0.15) is 5.75 Å². The van der Waals surface area contributed by atoms with Gasteiger partial charge in [-0.1, -0.05) is 23.2 Å². The van der Waals surface area contributed by atoms with E-state index in [4.69, 9.17) is 27.9 Å². The topological polar surface area (TPSA) is 61.8 Å². The Morgan fingerprint density at radius 3 is 2.85 bits per heavy atom. The third kappa shape index (κ3) is 3.11. The number of aliphatic hydroxyl groups is 1. The van der Waals surface area contributed by atoms with Crippen LogP contribution in [-0.2, 0) is 0 Å². The van der Waals surface area contributed by atoms with Crippen LogP contribution in [-0.4, -0.2) is 42.3 Å². The van der Waals surface area contributed by atoms with Gasteiger partial charge < -0.3 is 20.1 Å². The van der Waals surface area contributed by atoms with Gasteiger partial charge >= 0.3 is 6.03 Å². The quantitative estimate of drug-likeness (QED) is 0.900. The van der Waals surface area contributed by atoms with Gasteiger partial charge in [-0.05, 0) is 18.9 Å². The average molecular weight is 319 g/mol. The second-order valence-corrected chi connectivity index (χ2v) is 5.38. The zero-order chi connectivity index (χ0) is 14.7. The third-order valence-corrected chi connectivity index (χ3v) is 4.05. The summed E-state index contributed by atoms with van der Waals surface area (Å²) in [6.07, 6.45) is 1.69. The molecule has 0 aromatic heterocycles. The Labute approximate surface area is 127 Å². The molecule has 1 aliphatic heterocycles. The van der Waals surface area contributed by atoms with E-state index in [1.54, 1.807) is 17.0 Å². The Morgan fingerprint density at radius 1 is 1.50 bits per heavy atom. The number of carbonyl (C=O) groups excluding carboxylic acids is 1. The maximum absolute atomic E-state index is 12.2. The van der Waals surface area contributed by atoms with Gasteiger partial charge in [-0.15, -0.1) is 0 Å². The van der Waals surface area contributed by atoms with Crippen molar-refractivity contribution < 1.29 is 14.6 Å². The maximum atomic E-state index is 12.2. The van der Waals surface area contributed by atoms with Crippen molar-refractivity contribution in [3.8, 4) is 5.75 Å². The summed E-state index contributed by atoms with van der Waals surface area (Å²) in [4.78, 5) is 13.8. The smallest absolute Gasteiger partial charge is 0.322 e. The molecule has 2 N–H and O–H groups in total. The second-order valence-electron chi connectivity index (χ2n) is 4.57. The van der Waals surface area contributed by atoms with Crippen molar-refractivity contribution >= 4 is 34.9 Å². The van der Waals surface area contributed by atoms with Crippen LogP contribution in [0.15, 0.2) is 12.1 Å². The Kier molecular flexibility index (Phi) is 4.96. The summed E-state index contributed by atoms with van der Waals surface area (Å²) >= 11 is 11.9. The van der Waals surface area contributed by atoms with Crippen molar-refractivity contribution in [2.24, 2.45) is 0 Å². The average Bonchev–Trinajstić information content (AvgIpc) is 2.91. The minimum absolute atomic E-state index is 0.0358. The van der Waals surface area contributed by atoms with E-state index < -0.39 is 0 Å². The van der Waals surface area contributed by atoms with Gasteiger partial charge in [0.2, 0.25) is 0 Å². The van der Waals surface area contributed by atoms with E-state index in [9.17, 15) is 9.90 Å². The molecule has 1 aromatic rings.